The molecule has 5 nitrogen and oxygen atoms in total. The van der Waals surface area contributed by atoms with Crippen LogP contribution < -0.4 is 4.74 Å². The molecule has 0 bridgehead atoms. The van der Waals surface area contributed by atoms with Gasteiger partial charge in [0.1, 0.15) is 17.6 Å². The first-order valence-electron chi connectivity index (χ1n) is 6.99. The normalized spacial score (nSPS) is 18.7. The SMILES string of the molecule is O=C1CCCC(Oc2ccc([N+](=O)[O-])c3ccccc23)C1. The maximum absolute atomic E-state index is 11.5. The fourth-order valence-electron chi connectivity index (χ4n) is 2.78. The molecule has 1 atom stereocenters. The number of ketones is 1. The van der Waals surface area contributed by atoms with Crippen molar-refractivity contribution in [3.05, 3.63) is 46.5 Å². The van der Waals surface area contributed by atoms with Gasteiger partial charge in [-0.25, -0.2) is 0 Å². The van der Waals surface area contributed by atoms with Gasteiger partial charge in [0, 0.05) is 24.3 Å². The molecule has 1 saturated carbocycles. The maximum atomic E-state index is 11.5. The fourth-order valence-corrected chi connectivity index (χ4v) is 2.78. The number of nitro benzene ring substituents is 1. The van der Waals surface area contributed by atoms with Crippen LogP contribution in [0, 0.1) is 10.1 Å². The first-order valence-corrected chi connectivity index (χ1v) is 6.99. The van der Waals surface area contributed by atoms with Gasteiger partial charge in [-0.1, -0.05) is 18.2 Å². The predicted octanol–water partition coefficient (Wildman–Crippen LogP) is 3.64. The second-order valence-electron chi connectivity index (χ2n) is 5.26. The van der Waals surface area contributed by atoms with Gasteiger partial charge in [-0.3, -0.25) is 14.9 Å². The number of Topliss-reactive ketones (excluding diaryl/α,β-unsaturated/α-hetero) is 1. The van der Waals surface area contributed by atoms with Crippen LogP contribution in [0.5, 0.6) is 5.75 Å². The van der Waals surface area contributed by atoms with Gasteiger partial charge in [0.15, 0.2) is 0 Å². The van der Waals surface area contributed by atoms with Crippen LogP contribution in [0.3, 0.4) is 0 Å². The highest BCUT2D eigenvalue weighted by atomic mass is 16.6. The molecule has 5 heteroatoms. The summed E-state index contributed by atoms with van der Waals surface area (Å²) in [5, 5.41) is 12.3. The van der Waals surface area contributed by atoms with E-state index in [0.717, 1.165) is 12.8 Å². The third kappa shape index (κ3) is 2.72. The molecule has 0 saturated heterocycles. The number of hydrogen-bond donors (Lipinski definition) is 0. The third-order valence-electron chi connectivity index (χ3n) is 3.79. The zero-order chi connectivity index (χ0) is 14.8. The average molecular weight is 285 g/mol. The van der Waals surface area contributed by atoms with E-state index in [1.54, 1.807) is 18.2 Å². The molecule has 0 aliphatic heterocycles. The van der Waals surface area contributed by atoms with E-state index in [-0.39, 0.29) is 17.6 Å². The molecule has 2 aromatic rings. The zero-order valence-corrected chi connectivity index (χ0v) is 11.5. The number of nitrogens with zero attached hydrogens (tertiary/aromatic N) is 1. The van der Waals surface area contributed by atoms with Gasteiger partial charge < -0.3 is 4.74 Å². The van der Waals surface area contributed by atoms with Crippen LogP contribution in [0.4, 0.5) is 5.69 Å². The molecule has 2 aromatic carbocycles. The Balaban J connectivity index is 1.98. The van der Waals surface area contributed by atoms with Crippen LogP contribution in [0.2, 0.25) is 0 Å². The van der Waals surface area contributed by atoms with Crippen molar-refractivity contribution in [3.8, 4) is 5.75 Å². The number of ether oxygens (including phenoxy) is 1. The molecule has 0 amide bonds. The molecule has 108 valence electrons. The predicted molar refractivity (Wildman–Crippen MR) is 78.5 cm³/mol. The number of carbonyl (C=O) groups is 1. The lowest BCUT2D eigenvalue weighted by Crippen LogP contribution is -2.25. The summed E-state index contributed by atoms with van der Waals surface area (Å²) in [6.07, 6.45) is 2.61. The van der Waals surface area contributed by atoms with Gasteiger partial charge >= 0.3 is 0 Å². The lowest BCUT2D eigenvalue weighted by atomic mass is 9.96. The number of hydrogen-bond acceptors (Lipinski definition) is 4. The zero-order valence-electron chi connectivity index (χ0n) is 11.5. The van der Waals surface area contributed by atoms with Crippen molar-refractivity contribution in [2.45, 2.75) is 31.8 Å². The standard InChI is InChI=1S/C16H15NO4/c18-11-4-3-5-12(10-11)21-16-9-8-15(17(19)20)13-6-1-2-7-14(13)16/h1-2,6-9,12H,3-5,10H2. The molecule has 0 spiro atoms. The highest BCUT2D eigenvalue weighted by molar-refractivity contribution is 5.95. The summed E-state index contributed by atoms with van der Waals surface area (Å²) in [6, 6.07) is 10.2. The lowest BCUT2D eigenvalue weighted by molar-refractivity contribution is -0.383. The molecule has 0 N–H and O–H groups in total. The molecule has 1 unspecified atom stereocenters. The average Bonchev–Trinajstić information content (AvgIpc) is 2.47. The van der Waals surface area contributed by atoms with Gasteiger partial charge in [-0.15, -0.1) is 0 Å². The van der Waals surface area contributed by atoms with Crippen LogP contribution in [-0.2, 0) is 4.79 Å². The van der Waals surface area contributed by atoms with E-state index >= 15 is 0 Å². The lowest BCUT2D eigenvalue weighted by Gasteiger charge is -2.23. The molecule has 0 radical (unpaired) electrons. The minimum Gasteiger partial charge on any atom is -0.489 e. The van der Waals surface area contributed by atoms with Crippen molar-refractivity contribution in [2.24, 2.45) is 0 Å². The third-order valence-corrected chi connectivity index (χ3v) is 3.79. The van der Waals surface area contributed by atoms with Crippen molar-refractivity contribution in [1.29, 1.82) is 0 Å². The number of fused-ring (bicyclic) bond motifs is 1. The topological polar surface area (TPSA) is 69.4 Å². The van der Waals surface area contributed by atoms with Gasteiger partial charge in [-0.05, 0) is 25.0 Å². The Hall–Kier alpha value is -2.43. The summed E-state index contributed by atoms with van der Waals surface area (Å²) < 4.78 is 5.93. The minimum atomic E-state index is -0.393. The summed E-state index contributed by atoms with van der Waals surface area (Å²) in [6.45, 7) is 0. The number of non-ortho nitro benzene ring substituents is 1. The molecule has 1 aliphatic rings. The van der Waals surface area contributed by atoms with Crippen molar-refractivity contribution < 1.29 is 14.5 Å². The smallest absolute Gasteiger partial charge is 0.277 e. The molecular formula is C16H15NO4. The molecule has 3 rings (SSSR count). The Morgan fingerprint density at radius 2 is 1.90 bits per heavy atom. The van der Waals surface area contributed by atoms with E-state index in [4.69, 9.17) is 4.74 Å². The van der Waals surface area contributed by atoms with Crippen molar-refractivity contribution >= 4 is 22.2 Å². The van der Waals surface area contributed by atoms with E-state index in [2.05, 4.69) is 0 Å². The van der Waals surface area contributed by atoms with E-state index in [9.17, 15) is 14.9 Å². The quantitative estimate of drug-likeness (QED) is 0.637. The molecule has 21 heavy (non-hydrogen) atoms. The summed E-state index contributed by atoms with van der Waals surface area (Å²) >= 11 is 0. The highest BCUT2D eigenvalue weighted by Gasteiger charge is 2.22. The number of nitro groups is 1. The van der Waals surface area contributed by atoms with Gasteiger partial charge in [0.05, 0.1) is 10.3 Å². The van der Waals surface area contributed by atoms with Gasteiger partial charge in [0.25, 0.3) is 5.69 Å². The minimum absolute atomic E-state index is 0.0673. The van der Waals surface area contributed by atoms with E-state index in [1.807, 2.05) is 12.1 Å². The molecule has 0 heterocycles. The van der Waals surface area contributed by atoms with E-state index in [1.165, 1.54) is 6.07 Å². The van der Waals surface area contributed by atoms with Crippen LogP contribution >= 0.6 is 0 Å². The van der Waals surface area contributed by atoms with Gasteiger partial charge in [-0.2, -0.15) is 0 Å². The Kier molecular flexibility index (Phi) is 3.56. The summed E-state index contributed by atoms with van der Waals surface area (Å²) in [5.74, 6) is 0.827. The summed E-state index contributed by atoms with van der Waals surface area (Å²) in [4.78, 5) is 22.2. The maximum Gasteiger partial charge on any atom is 0.277 e. The van der Waals surface area contributed by atoms with E-state index < -0.39 is 4.92 Å². The van der Waals surface area contributed by atoms with Crippen molar-refractivity contribution in [2.75, 3.05) is 0 Å². The van der Waals surface area contributed by atoms with Gasteiger partial charge in [0.2, 0.25) is 0 Å². The van der Waals surface area contributed by atoms with Crippen LogP contribution in [-0.4, -0.2) is 16.8 Å². The summed E-state index contributed by atoms with van der Waals surface area (Å²) in [5.41, 5.74) is 0.0673. The fraction of sp³-hybridized carbons (Fsp3) is 0.312. The second-order valence-corrected chi connectivity index (χ2v) is 5.26. The molecular weight excluding hydrogens is 270 g/mol. The summed E-state index contributed by atoms with van der Waals surface area (Å²) in [7, 11) is 0. The molecule has 0 aromatic heterocycles. The van der Waals surface area contributed by atoms with Crippen molar-refractivity contribution in [1.82, 2.24) is 0 Å². The second kappa shape index (κ2) is 5.52. The van der Waals surface area contributed by atoms with Crippen LogP contribution in [0.1, 0.15) is 25.7 Å². The monoisotopic (exact) mass is 285 g/mol. The largest absolute Gasteiger partial charge is 0.489 e. The molecule has 1 fully saturated rings. The first-order chi connectivity index (χ1) is 10.1. The van der Waals surface area contributed by atoms with Crippen molar-refractivity contribution in [3.63, 3.8) is 0 Å². The Morgan fingerprint density at radius 3 is 2.62 bits per heavy atom. The Bertz CT molecular complexity index is 710. The van der Waals surface area contributed by atoms with Crippen LogP contribution in [0.15, 0.2) is 36.4 Å². The Labute approximate surface area is 121 Å². The number of rotatable bonds is 3. The number of benzene rings is 2. The highest BCUT2D eigenvalue weighted by Crippen LogP contribution is 2.34. The first kappa shape index (κ1) is 13.5. The van der Waals surface area contributed by atoms with Crippen LogP contribution in [0.25, 0.3) is 10.8 Å². The Morgan fingerprint density at radius 1 is 1.14 bits per heavy atom. The van der Waals surface area contributed by atoms with E-state index in [0.29, 0.717) is 29.4 Å². The number of carbonyl (C=O) groups excluding carboxylic acids is 1. The molecule has 1 aliphatic carbocycles.